The van der Waals surface area contributed by atoms with E-state index in [1.54, 1.807) is 0 Å². The van der Waals surface area contributed by atoms with E-state index < -0.39 is 97.5 Å². The molecule has 0 aliphatic carbocycles. The Balaban J connectivity index is 5.24. The Kier molecular flexibility index (Phi) is 81.3. The van der Waals surface area contributed by atoms with Gasteiger partial charge in [-0.1, -0.05) is 447 Å². The van der Waals surface area contributed by atoms with Gasteiger partial charge in [0.25, 0.3) is 0 Å². The van der Waals surface area contributed by atoms with Crippen molar-refractivity contribution in [3.8, 4) is 0 Å². The molecule has 0 radical (unpaired) electrons. The molecule has 5 atom stereocenters. The zero-order valence-electron chi connectivity index (χ0n) is 74.2. The molecule has 0 heterocycles. The number of aliphatic hydroxyl groups excluding tert-OH is 1. The highest BCUT2D eigenvalue weighted by Crippen LogP contribution is 2.45. The summed E-state index contributed by atoms with van der Waals surface area (Å²) in [5.41, 5.74) is 0. The molecular weight excluding hydrogens is 1450 g/mol. The van der Waals surface area contributed by atoms with Crippen LogP contribution in [0.5, 0.6) is 0 Å². The van der Waals surface area contributed by atoms with Crippen LogP contribution in [0.2, 0.25) is 0 Å². The first kappa shape index (κ1) is 110. The summed E-state index contributed by atoms with van der Waals surface area (Å²) >= 11 is 0. The maximum Gasteiger partial charge on any atom is 0.472 e. The van der Waals surface area contributed by atoms with Crippen LogP contribution in [-0.4, -0.2) is 96.7 Å². The fourth-order valence-electron chi connectivity index (χ4n) is 14.6. The van der Waals surface area contributed by atoms with Crippen molar-refractivity contribution in [3.05, 3.63) is 0 Å². The largest absolute Gasteiger partial charge is 0.472 e. The SMILES string of the molecule is CCCCCCCCCCCCCCCCCCCCCCCCC(=O)O[C@H](COC(=O)CCCCCCCCCCCCCCCCCCCCC(C)C)COP(=O)(O)OC[C@@H](O)COP(=O)(O)OC[C@@H](COC(=O)CCCCCCCCCCCC(C)C)OC(=O)CCCCCCCCCCCCCCCCC(C)C. The summed E-state index contributed by atoms with van der Waals surface area (Å²) in [5.74, 6) is 0.265. The third-order valence-corrected chi connectivity index (χ3v) is 23.8. The normalized spacial score (nSPS) is 13.8. The number of rotatable bonds is 91. The average Bonchev–Trinajstić information content (AvgIpc) is 0.986. The van der Waals surface area contributed by atoms with E-state index in [0.717, 1.165) is 108 Å². The molecule has 0 saturated heterocycles. The van der Waals surface area contributed by atoms with E-state index in [1.807, 2.05) is 0 Å². The van der Waals surface area contributed by atoms with Gasteiger partial charge < -0.3 is 33.8 Å². The quantitative estimate of drug-likeness (QED) is 0.0222. The fourth-order valence-corrected chi connectivity index (χ4v) is 16.2. The van der Waals surface area contributed by atoms with Crippen LogP contribution < -0.4 is 0 Å². The summed E-state index contributed by atoms with van der Waals surface area (Å²) < 4.78 is 69.1. The van der Waals surface area contributed by atoms with Crippen LogP contribution in [0.1, 0.15) is 498 Å². The molecule has 19 heteroatoms. The molecule has 0 fully saturated rings. The second-order valence-corrected chi connectivity index (χ2v) is 37.7. The van der Waals surface area contributed by atoms with Crippen molar-refractivity contribution >= 4 is 39.5 Å². The molecule has 112 heavy (non-hydrogen) atoms. The number of phosphoric ester groups is 2. The molecule has 0 aromatic carbocycles. The Bertz CT molecular complexity index is 2150. The van der Waals surface area contributed by atoms with Crippen molar-refractivity contribution < 1.29 is 80.2 Å². The van der Waals surface area contributed by atoms with Crippen LogP contribution >= 0.6 is 15.6 Å². The molecule has 0 spiro atoms. The number of esters is 4. The average molecular weight is 1630 g/mol. The topological polar surface area (TPSA) is 237 Å². The first-order valence-corrected chi connectivity index (χ1v) is 50.8. The van der Waals surface area contributed by atoms with Gasteiger partial charge in [-0.05, 0) is 43.4 Å². The van der Waals surface area contributed by atoms with Gasteiger partial charge in [0.2, 0.25) is 0 Å². The highest BCUT2D eigenvalue weighted by Gasteiger charge is 2.31. The van der Waals surface area contributed by atoms with Crippen molar-refractivity contribution in [3.63, 3.8) is 0 Å². The molecule has 0 bridgehead atoms. The lowest BCUT2D eigenvalue weighted by Gasteiger charge is -2.21. The summed E-state index contributed by atoms with van der Waals surface area (Å²) in [7, 11) is -9.94. The highest BCUT2D eigenvalue weighted by molar-refractivity contribution is 7.47. The Morgan fingerprint density at radius 2 is 0.411 bits per heavy atom. The van der Waals surface area contributed by atoms with Gasteiger partial charge in [0.15, 0.2) is 12.2 Å². The summed E-state index contributed by atoms with van der Waals surface area (Å²) in [4.78, 5) is 73.5. The molecular formula is C93H182O17P2. The van der Waals surface area contributed by atoms with E-state index in [1.165, 1.54) is 308 Å². The maximum absolute atomic E-state index is 13.2. The number of carbonyl (C=O) groups is 4. The minimum Gasteiger partial charge on any atom is -0.462 e. The number of hydrogen-bond donors (Lipinski definition) is 3. The summed E-state index contributed by atoms with van der Waals surface area (Å²) in [6, 6.07) is 0. The summed E-state index contributed by atoms with van der Waals surface area (Å²) in [5, 5.41) is 10.7. The summed E-state index contributed by atoms with van der Waals surface area (Å²) in [6.07, 6.45) is 76.6. The van der Waals surface area contributed by atoms with Crippen LogP contribution in [-0.2, 0) is 65.4 Å². The minimum absolute atomic E-state index is 0.107. The molecule has 0 aromatic heterocycles. The van der Waals surface area contributed by atoms with E-state index in [-0.39, 0.29) is 25.7 Å². The lowest BCUT2D eigenvalue weighted by Crippen LogP contribution is -2.30. The lowest BCUT2D eigenvalue weighted by molar-refractivity contribution is -0.161. The second kappa shape index (κ2) is 82.7. The van der Waals surface area contributed by atoms with E-state index in [4.69, 9.17) is 37.0 Å². The molecule has 2 unspecified atom stereocenters. The first-order chi connectivity index (χ1) is 54.2. The third-order valence-electron chi connectivity index (χ3n) is 21.9. The van der Waals surface area contributed by atoms with Gasteiger partial charge in [-0.15, -0.1) is 0 Å². The Morgan fingerprint density at radius 3 is 0.607 bits per heavy atom. The standard InChI is InChI=1S/C93H182O17P2/c1-8-9-10-11-12-13-14-15-16-17-18-19-20-21-26-29-35-40-47-55-62-69-76-92(97)109-88(80-103-90(95)74-67-60-53-46-39-34-28-25-23-22-24-27-32-37-43-50-57-64-71-84(2)3)82-107-111(99,100)105-78-87(94)79-106-112(101,102)108-83-89(81-104-91(96)75-68-61-54-49-42-45-52-59-66-73-86(6)7)110-93(98)77-70-63-56-48-41-36-31-30-33-38-44-51-58-65-72-85(4)5/h84-89,94H,8-83H2,1-7H3,(H,99,100)(H,101,102)/t87-,88-,89-/m1/s1. The molecule has 0 aliphatic rings. The van der Waals surface area contributed by atoms with Crippen molar-refractivity contribution in [1.82, 2.24) is 0 Å². The van der Waals surface area contributed by atoms with Gasteiger partial charge in [-0.25, -0.2) is 9.13 Å². The molecule has 0 saturated carbocycles. The molecule has 0 aliphatic heterocycles. The smallest absolute Gasteiger partial charge is 0.462 e. The van der Waals surface area contributed by atoms with Gasteiger partial charge in [-0.2, -0.15) is 0 Å². The zero-order chi connectivity index (χ0) is 82.2. The van der Waals surface area contributed by atoms with Crippen LogP contribution in [0.3, 0.4) is 0 Å². The van der Waals surface area contributed by atoms with E-state index in [0.29, 0.717) is 25.7 Å². The zero-order valence-corrected chi connectivity index (χ0v) is 75.9. The van der Waals surface area contributed by atoms with Crippen molar-refractivity contribution in [2.24, 2.45) is 17.8 Å². The maximum atomic E-state index is 13.2. The van der Waals surface area contributed by atoms with Crippen molar-refractivity contribution in [2.75, 3.05) is 39.6 Å². The Morgan fingerprint density at radius 1 is 0.241 bits per heavy atom. The molecule has 3 N–H and O–H groups in total. The van der Waals surface area contributed by atoms with Gasteiger partial charge in [0.1, 0.15) is 19.3 Å². The van der Waals surface area contributed by atoms with Gasteiger partial charge in [0.05, 0.1) is 26.4 Å². The van der Waals surface area contributed by atoms with Crippen molar-refractivity contribution in [1.29, 1.82) is 0 Å². The molecule has 0 aromatic rings. The first-order valence-electron chi connectivity index (χ1n) is 47.8. The minimum atomic E-state index is -4.97. The number of carbonyl (C=O) groups excluding carboxylic acids is 4. The van der Waals surface area contributed by atoms with E-state index >= 15 is 0 Å². The van der Waals surface area contributed by atoms with Gasteiger partial charge in [0, 0.05) is 25.7 Å². The molecule has 17 nitrogen and oxygen atoms in total. The summed E-state index contributed by atoms with van der Waals surface area (Å²) in [6.45, 7) is 12.1. The predicted molar refractivity (Wildman–Crippen MR) is 465 cm³/mol. The Hall–Kier alpha value is -1.94. The monoisotopic (exact) mass is 1630 g/mol. The second-order valence-electron chi connectivity index (χ2n) is 34.8. The van der Waals surface area contributed by atoms with Crippen LogP contribution in [0.25, 0.3) is 0 Å². The van der Waals surface area contributed by atoms with E-state index in [2.05, 4.69) is 48.5 Å². The third kappa shape index (κ3) is 85.9. The predicted octanol–water partition coefficient (Wildman–Crippen LogP) is 28.8. The number of unbranched alkanes of at least 4 members (excludes halogenated alkanes) is 59. The van der Waals surface area contributed by atoms with Crippen LogP contribution in [0.15, 0.2) is 0 Å². The number of hydrogen-bond acceptors (Lipinski definition) is 15. The number of ether oxygens (including phenoxy) is 4. The highest BCUT2D eigenvalue weighted by atomic mass is 31.2. The lowest BCUT2D eigenvalue weighted by atomic mass is 10.0. The van der Waals surface area contributed by atoms with Crippen LogP contribution in [0, 0.1) is 17.8 Å². The van der Waals surface area contributed by atoms with Gasteiger partial charge >= 0.3 is 39.5 Å². The van der Waals surface area contributed by atoms with E-state index in [9.17, 15) is 43.2 Å². The van der Waals surface area contributed by atoms with Gasteiger partial charge in [-0.3, -0.25) is 37.3 Å². The molecule has 0 rings (SSSR count). The number of phosphoric acid groups is 2. The molecule has 666 valence electrons. The molecule has 0 amide bonds. The Labute approximate surface area is 689 Å². The van der Waals surface area contributed by atoms with Crippen LogP contribution in [0.4, 0.5) is 0 Å². The fraction of sp³-hybridized carbons (Fsp3) is 0.957. The van der Waals surface area contributed by atoms with Crippen molar-refractivity contribution in [2.45, 2.75) is 516 Å². The number of aliphatic hydroxyl groups is 1.